The Morgan fingerprint density at radius 3 is 1.96 bits per heavy atom. The molecule has 0 radical (unpaired) electrons. The third-order valence-corrected chi connectivity index (χ3v) is 18.4. The Bertz CT molecular complexity index is 4810. The second-order valence-corrected chi connectivity index (χ2v) is 22.4. The first kappa shape index (κ1) is 42.5. The molecule has 9 heteroatoms. The Morgan fingerprint density at radius 2 is 1.19 bits per heavy atom. The van der Waals surface area contributed by atoms with Crippen molar-refractivity contribution in [2.45, 2.75) is 13.5 Å². The van der Waals surface area contributed by atoms with Gasteiger partial charge in [0.1, 0.15) is 11.7 Å². The molecule has 2 atom stereocenters. The van der Waals surface area contributed by atoms with Crippen LogP contribution in [-0.4, -0.2) is 33.0 Å². The van der Waals surface area contributed by atoms with Crippen LogP contribution < -0.4 is 15.1 Å². The number of pyridine rings is 1. The summed E-state index contributed by atoms with van der Waals surface area (Å²) in [5.41, 5.74) is 7.51. The molecule has 6 nitrogen and oxygen atoms in total. The average Bonchev–Trinajstić information content (AvgIpc) is 4.28. The topological polar surface area (TPSA) is 59.5 Å². The highest BCUT2D eigenvalue weighted by Gasteiger charge is 2.27. The van der Waals surface area contributed by atoms with Crippen LogP contribution in [0.3, 0.4) is 0 Å². The fourth-order valence-corrected chi connectivity index (χ4v) is 14.9. The largest absolute Gasteiger partial charge is 0.358 e. The lowest BCUT2D eigenvalue weighted by Gasteiger charge is -2.21. The van der Waals surface area contributed by atoms with E-state index >= 15 is 0 Å². The van der Waals surface area contributed by atoms with E-state index in [4.69, 9.17) is 15.0 Å². The first-order valence-electron chi connectivity index (χ1n) is 24.8. The molecule has 15 rings (SSSR count). The van der Waals surface area contributed by atoms with E-state index in [2.05, 4.69) is 222 Å². The van der Waals surface area contributed by atoms with Crippen LogP contribution in [0.4, 0.5) is 0 Å². The summed E-state index contributed by atoms with van der Waals surface area (Å²) in [7, 11) is 1.98. The molecule has 73 heavy (non-hydrogen) atoms. The Morgan fingerprint density at radius 1 is 0.548 bits per heavy atom. The number of thiophene rings is 3. The molecule has 1 N–H and O–H groups in total. The Kier molecular flexibility index (Phi) is 9.70. The Balaban J connectivity index is 0.930. The highest BCUT2D eigenvalue weighted by molar-refractivity contribution is 7.26. The molecule has 8 aromatic carbocycles. The molecule has 14 aromatic rings. The van der Waals surface area contributed by atoms with E-state index in [-0.39, 0.29) is 11.8 Å². The lowest BCUT2D eigenvalue weighted by molar-refractivity contribution is 0.689. The highest BCUT2D eigenvalue weighted by Crippen LogP contribution is 2.42. The van der Waals surface area contributed by atoms with Gasteiger partial charge in [-0.2, -0.15) is 4.99 Å². The van der Waals surface area contributed by atoms with Crippen LogP contribution in [0.15, 0.2) is 198 Å². The molecule has 0 spiro atoms. The predicted molar refractivity (Wildman–Crippen MR) is 315 cm³/mol. The summed E-state index contributed by atoms with van der Waals surface area (Å²) in [4.78, 5) is 16.8. The Hall–Kier alpha value is -8.21. The number of fused-ring (bicyclic) bond motifs is 16. The fourth-order valence-electron chi connectivity index (χ4n) is 11.5. The van der Waals surface area contributed by atoms with Gasteiger partial charge >= 0.3 is 0 Å². The van der Waals surface area contributed by atoms with Crippen LogP contribution in [0.1, 0.15) is 12.5 Å². The van der Waals surface area contributed by atoms with Gasteiger partial charge < -0.3 is 5.32 Å². The molecule has 0 saturated heterocycles. The monoisotopic (exact) mass is 992 g/mol. The van der Waals surface area contributed by atoms with Crippen molar-refractivity contribution >= 4 is 152 Å². The lowest BCUT2D eigenvalue weighted by atomic mass is 9.88. The molecular formula is C64H44N6S3. The first-order valence-corrected chi connectivity index (χ1v) is 27.3. The van der Waals surface area contributed by atoms with Crippen LogP contribution in [0.5, 0.6) is 0 Å². The van der Waals surface area contributed by atoms with Gasteiger partial charge in [-0.15, -0.1) is 34.0 Å². The zero-order valence-electron chi connectivity index (χ0n) is 39.9. The molecule has 0 bridgehead atoms. The lowest BCUT2D eigenvalue weighted by Crippen LogP contribution is -2.34. The van der Waals surface area contributed by atoms with E-state index in [0.717, 1.165) is 61.3 Å². The Labute approximate surface area is 431 Å². The number of rotatable bonds is 5. The molecule has 0 aliphatic heterocycles. The second kappa shape index (κ2) is 16.7. The standard InChI is InChI=1S/C64H44N6S3/c1-37-32-59-49(43-17-7-12-24-56(43)73-59)35-46(37)63(66-36-38-26-30-57-47(33-38)41-15-5-10-22-54(41)71-57)68-64(65-2)69-52-21-9-4-18-45(52)61-53(69)29-28-44-40-14-3-8-20-51(40)70(62(44)61)60-25-13-19-50(67-60)39-27-31-58-48(34-39)42-16-6-11-23-55(42)72-58/h3-35,37,46H,36H2,1-2H3,(H,65,66,68). The summed E-state index contributed by atoms with van der Waals surface area (Å²) >= 11 is 5.55. The molecule has 6 aromatic heterocycles. The van der Waals surface area contributed by atoms with Crippen molar-refractivity contribution in [3.8, 4) is 17.1 Å². The van der Waals surface area contributed by atoms with Crippen molar-refractivity contribution < 1.29 is 0 Å². The van der Waals surface area contributed by atoms with E-state index in [0.29, 0.717) is 12.5 Å². The van der Waals surface area contributed by atoms with E-state index in [9.17, 15) is 0 Å². The fraction of sp³-hybridized carbons (Fsp3) is 0.0781. The van der Waals surface area contributed by atoms with Crippen molar-refractivity contribution in [3.05, 3.63) is 203 Å². The van der Waals surface area contributed by atoms with Gasteiger partial charge in [-0.1, -0.05) is 134 Å². The number of para-hydroxylation sites is 2. The summed E-state index contributed by atoms with van der Waals surface area (Å²) < 4.78 is 12.5. The third kappa shape index (κ3) is 6.69. The predicted octanol–water partition coefficient (Wildman–Crippen LogP) is 15.5. The minimum Gasteiger partial charge on any atom is -0.358 e. The molecule has 348 valence electrons. The van der Waals surface area contributed by atoms with Crippen molar-refractivity contribution in [2.24, 2.45) is 21.8 Å². The van der Waals surface area contributed by atoms with Crippen molar-refractivity contribution in [3.63, 3.8) is 0 Å². The number of hydrogen-bond donors (Lipinski definition) is 1. The molecular weight excluding hydrogens is 949 g/mol. The van der Waals surface area contributed by atoms with Crippen molar-refractivity contribution in [1.29, 1.82) is 0 Å². The van der Waals surface area contributed by atoms with E-state index in [1.165, 1.54) is 71.0 Å². The van der Waals surface area contributed by atoms with Crippen molar-refractivity contribution in [1.82, 2.24) is 19.4 Å². The van der Waals surface area contributed by atoms with E-state index in [1.54, 1.807) is 0 Å². The number of aromatic nitrogens is 3. The molecule has 0 amide bonds. The SMILES string of the molecule is CNC(=NC(=NCc1ccc2sc3ccccc3c2c1)C1C=c2c(sc3ccccc23)=CC1C)n1c2ccccc2c2c1ccc1c3ccccc3n(-c3cccc(-c4ccc5sc6ccccc6c5c4)n3)c12. The molecule has 0 saturated carbocycles. The number of aliphatic imine (C=N–C) groups is 2. The van der Waals surface area contributed by atoms with Crippen LogP contribution >= 0.6 is 34.0 Å². The molecule has 1 aliphatic rings. The van der Waals surface area contributed by atoms with Gasteiger partial charge in [-0.3, -0.25) is 14.1 Å². The summed E-state index contributed by atoms with van der Waals surface area (Å²) in [5, 5.41) is 15.9. The summed E-state index contributed by atoms with van der Waals surface area (Å²) in [6, 6.07) is 68.2. The maximum Gasteiger partial charge on any atom is 0.209 e. The quantitative estimate of drug-likeness (QED) is 0.138. The summed E-state index contributed by atoms with van der Waals surface area (Å²) in [5.74, 6) is 2.46. The number of nitrogens with one attached hydrogen (secondary N) is 1. The number of benzene rings is 8. The first-order chi connectivity index (χ1) is 36.0. The zero-order chi connectivity index (χ0) is 48.3. The number of hydrogen-bond acceptors (Lipinski definition) is 5. The molecule has 6 heterocycles. The van der Waals surface area contributed by atoms with Crippen LogP contribution in [-0.2, 0) is 6.54 Å². The summed E-state index contributed by atoms with van der Waals surface area (Å²) in [6.07, 6.45) is 4.86. The minimum absolute atomic E-state index is 0.0700. The normalized spacial score (nSPS) is 15.4. The van der Waals surface area contributed by atoms with Gasteiger partial charge in [0.05, 0.1) is 34.3 Å². The number of nitrogens with zero attached hydrogens (tertiary/aromatic N) is 5. The van der Waals surface area contributed by atoms with Gasteiger partial charge in [0.15, 0.2) is 0 Å². The van der Waals surface area contributed by atoms with Gasteiger partial charge in [0.25, 0.3) is 0 Å². The van der Waals surface area contributed by atoms with Gasteiger partial charge in [0, 0.05) is 89.7 Å². The van der Waals surface area contributed by atoms with E-state index in [1.807, 2.05) is 41.1 Å². The van der Waals surface area contributed by atoms with Crippen LogP contribution in [0.25, 0.3) is 123 Å². The molecule has 2 unspecified atom stereocenters. The second-order valence-electron chi connectivity index (χ2n) is 19.1. The van der Waals surface area contributed by atoms with Crippen molar-refractivity contribution in [2.75, 3.05) is 7.05 Å². The van der Waals surface area contributed by atoms with Crippen LogP contribution in [0.2, 0.25) is 0 Å². The van der Waals surface area contributed by atoms with Gasteiger partial charge in [-0.05, 0) is 94.9 Å². The van der Waals surface area contributed by atoms with Crippen LogP contribution in [0, 0.1) is 11.8 Å². The van der Waals surface area contributed by atoms with Gasteiger partial charge in [0.2, 0.25) is 5.96 Å². The molecule has 1 aliphatic carbocycles. The van der Waals surface area contributed by atoms with E-state index < -0.39 is 0 Å². The maximum atomic E-state index is 5.71. The maximum absolute atomic E-state index is 5.71. The minimum atomic E-state index is -0.0700. The average molecular weight is 993 g/mol. The third-order valence-electron chi connectivity index (χ3n) is 14.9. The number of amidine groups is 1. The van der Waals surface area contributed by atoms with Gasteiger partial charge in [-0.25, -0.2) is 4.98 Å². The smallest absolute Gasteiger partial charge is 0.209 e. The molecule has 0 fully saturated rings. The summed E-state index contributed by atoms with van der Waals surface area (Å²) in [6.45, 7) is 2.81. The zero-order valence-corrected chi connectivity index (χ0v) is 42.3. The highest BCUT2D eigenvalue weighted by atomic mass is 32.1.